The number of fused-ring (bicyclic) bond motifs is 1. The highest BCUT2D eigenvalue weighted by molar-refractivity contribution is 6.32. The van der Waals surface area contributed by atoms with Crippen molar-refractivity contribution < 1.29 is 18.7 Å². The normalized spacial score (nSPS) is 10.7. The number of hydrogen-bond donors (Lipinski definition) is 2. The third-order valence-electron chi connectivity index (χ3n) is 4.60. The van der Waals surface area contributed by atoms with E-state index in [2.05, 4.69) is 15.6 Å². The zero-order chi connectivity index (χ0) is 22.0. The highest BCUT2D eigenvalue weighted by atomic mass is 35.5. The maximum Gasteiger partial charge on any atom is 0.324 e. The van der Waals surface area contributed by atoms with Crippen LogP contribution in [-0.2, 0) is 0 Å². The van der Waals surface area contributed by atoms with Gasteiger partial charge in [-0.25, -0.2) is 14.2 Å². The van der Waals surface area contributed by atoms with Gasteiger partial charge in [0.25, 0.3) is 0 Å². The van der Waals surface area contributed by atoms with Gasteiger partial charge in [-0.1, -0.05) is 17.7 Å². The monoisotopic (exact) mass is 440 g/mol. The minimum absolute atomic E-state index is 0.320. The molecular weight excluding hydrogens is 423 g/mol. The number of hydrogen-bond acceptors (Lipinski definition) is 4. The van der Waals surface area contributed by atoms with E-state index in [-0.39, 0.29) is 5.82 Å². The number of amides is 2. The van der Waals surface area contributed by atoms with E-state index < -0.39 is 6.03 Å². The average Bonchev–Trinajstić information content (AvgIpc) is 3.13. The molecule has 0 unspecified atom stereocenters. The maximum atomic E-state index is 13.4. The lowest BCUT2D eigenvalue weighted by Crippen LogP contribution is -2.21. The van der Waals surface area contributed by atoms with Crippen LogP contribution in [0.4, 0.5) is 20.7 Å². The van der Waals surface area contributed by atoms with Crippen molar-refractivity contribution in [3.8, 4) is 22.8 Å². The molecular formula is C22H18ClFN4O3. The standard InChI is InChI=1S/C22H18ClFN4O3/c1-30-17-12-18(31-2)16(11-15(17)23)25-22(29)27-21-20(13-6-8-14(24)9-7-13)26-19-5-3-4-10-28(19)21/h3-12H,1-2H3,(H2,25,27,29). The fraction of sp³-hybridized carbons (Fsp3) is 0.0909. The molecule has 2 amide bonds. The molecule has 158 valence electrons. The van der Waals surface area contributed by atoms with Crippen LogP contribution < -0.4 is 20.1 Å². The number of benzene rings is 2. The number of imidazole rings is 1. The number of urea groups is 1. The van der Waals surface area contributed by atoms with Gasteiger partial charge in [-0.15, -0.1) is 0 Å². The number of nitrogens with zero attached hydrogens (tertiary/aromatic N) is 2. The fourth-order valence-corrected chi connectivity index (χ4v) is 3.38. The van der Waals surface area contributed by atoms with Gasteiger partial charge in [0.2, 0.25) is 0 Å². The SMILES string of the molecule is COc1cc(OC)c(NC(=O)Nc2c(-c3ccc(F)cc3)nc3ccccn23)cc1Cl. The molecule has 2 heterocycles. The number of pyridine rings is 1. The van der Waals surface area contributed by atoms with Crippen LogP contribution in [0.3, 0.4) is 0 Å². The molecule has 9 heteroatoms. The van der Waals surface area contributed by atoms with Crippen LogP contribution in [0.15, 0.2) is 60.8 Å². The lowest BCUT2D eigenvalue weighted by atomic mass is 10.1. The van der Waals surface area contributed by atoms with Crippen molar-refractivity contribution in [2.75, 3.05) is 24.9 Å². The lowest BCUT2D eigenvalue weighted by molar-refractivity contribution is 0.262. The Balaban J connectivity index is 1.69. The molecule has 0 bridgehead atoms. The van der Waals surface area contributed by atoms with E-state index in [1.54, 1.807) is 28.8 Å². The zero-order valence-electron chi connectivity index (χ0n) is 16.6. The molecule has 0 saturated carbocycles. The van der Waals surface area contributed by atoms with E-state index in [1.165, 1.54) is 32.4 Å². The molecule has 0 aliphatic heterocycles. The van der Waals surface area contributed by atoms with Gasteiger partial charge in [-0.3, -0.25) is 9.72 Å². The first kappa shape index (κ1) is 20.5. The fourth-order valence-electron chi connectivity index (χ4n) is 3.14. The number of ether oxygens (including phenoxy) is 2. The van der Waals surface area contributed by atoms with Gasteiger partial charge < -0.3 is 14.8 Å². The van der Waals surface area contributed by atoms with Crippen LogP contribution in [0.2, 0.25) is 5.02 Å². The third-order valence-corrected chi connectivity index (χ3v) is 4.90. The predicted octanol–water partition coefficient (Wildman–Crippen LogP) is 5.46. The van der Waals surface area contributed by atoms with Crippen LogP contribution >= 0.6 is 11.6 Å². The second-order valence-electron chi connectivity index (χ2n) is 6.51. The molecule has 0 spiro atoms. The smallest absolute Gasteiger partial charge is 0.324 e. The van der Waals surface area contributed by atoms with Gasteiger partial charge >= 0.3 is 6.03 Å². The van der Waals surface area contributed by atoms with Crippen molar-refractivity contribution in [2.24, 2.45) is 0 Å². The van der Waals surface area contributed by atoms with Gasteiger partial charge in [0, 0.05) is 17.8 Å². The summed E-state index contributed by atoms with van der Waals surface area (Å²) in [4.78, 5) is 17.4. The summed E-state index contributed by atoms with van der Waals surface area (Å²) in [7, 11) is 2.96. The molecule has 2 aromatic heterocycles. The molecule has 0 fully saturated rings. The first-order chi connectivity index (χ1) is 15.0. The van der Waals surface area contributed by atoms with Crippen molar-refractivity contribution >= 4 is 34.8 Å². The number of methoxy groups -OCH3 is 2. The topological polar surface area (TPSA) is 76.9 Å². The number of carbonyl (C=O) groups is 1. The first-order valence-electron chi connectivity index (χ1n) is 9.22. The summed E-state index contributed by atoms with van der Waals surface area (Å²) in [6, 6.07) is 13.9. The van der Waals surface area contributed by atoms with Crippen LogP contribution in [0.5, 0.6) is 11.5 Å². The molecule has 31 heavy (non-hydrogen) atoms. The number of aromatic nitrogens is 2. The number of rotatable bonds is 5. The number of carbonyl (C=O) groups excluding carboxylic acids is 1. The Bertz CT molecular complexity index is 1260. The molecule has 2 aromatic carbocycles. The molecule has 0 aliphatic rings. The molecule has 4 aromatic rings. The summed E-state index contributed by atoms with van der Waals surface area (Å²) in [6.45, 7) is 0. The predicted molar refractivity (Wildman–Crippen MR) is 118 cm³/mol. The average molecular weight is 441 g/mol. The molecule has 4 rings (SSSR count). The quantitative estimate of drug-likeness (QED) is 0.432. The van der Waals surface area contributed by atoms with Gasteiger partial charge in [-0.05, 0) is 42.5 Å². The third kappa shape index (κ3) is 4.10. The van der Waals surface area contributed by atoms with Crippen LogP contribution in [-0.4, -0.2) is 29.6 Å². The Hall–Kier alpha value is -3.78. The maximum absolute atomic E-state index is 13.4. The highest BCUT2D eigenvalue weighted by Gasteiger charge is 2.18. The summed E-state index contributed by atoms with van der Waals surface area (Å²) in [5.74, 6) is 0.875. The van der Waals surface area contributed by atoms with E-state index in [0.29, 0.717) is 44.9 Å². The second kappa shape index (κ2) is 8.53. The van der Waals surface area contributed by atoms with Crippen LogP contribution in [0.1, 0.15) is 0 Å². The molecule has 2 N–H and O–H groups in total. The Labute approximate surface area is 182 Å². The highest BCUT2D eigenvalue weighted by Crippen LogP contribution is 2.36. The summed E-state index contributed by atoms with van der Waals surface area (Å²) in [5, 5.41) is 5.87. The minimum atomic E-state index is -0.534. The van der Waals surface area contributed by atoms with Gasteiger partial charge in [-0.2, -0.15) is 0 Å². The number of nitrogens with one attached hydrogen (secondary N) is 2. The Kier molecular flexibility index (Phi) is 5.64. The van der Waals surface area contributed by atoms with E-state index in [9.17, 15) is 9.18 Å². The summed E-state index contributed by atoms with van der Waals surface area (Å²) >= 11 is 6.18. The van der Waals surface area contributed by atoms with Crippen molar-refractivity contribution in [3.63, 3.8) is 0 Å². The summed E-state index contributed by atoms with van der Waals surface area (Å²) in [6.07, 6.45) is 1.77. The van der Waals surface area contributed by atoms with Gasteiger partial charge in [0.1, 0.15) is 34.5 Å². The molecule has 0 atom stereocenters. The zero-order valence-corrected chi connectivity index (χ0v) is 17.4. The van der Waals surface area contributed by atoms with E-state index in [4.69, 9.17) is 21.1 Å². The molecule has 7 nitrogen and oxygen atoms in total. The van der Waals surface area contributed by atoms with Gasteiger partial charge in [0.15, 0.2) is 0 Å². The van der Waals surface area contributed by atoms with Crippen molar-refractivity contribution in [2.45, 2.75) is 0 Å². The summed E-state index contributed by atoms with van der Waals surface area (Å²) < 4.78 is 25.6. The Morgan fingerprint density at radius 2 is 1.77 bits per heavy atom. The Morgan fingerprint density at radius 1 is 1.03 bits per heavy atom. The minimum Gasteiger partial charge on any atom is -0.495 e. The molecule has 0 saturated heterocycles. The van der Waals surface area contributed by atoms with Crippen molar-refractivity contribution in [3.05, 3.63) is 71.6 Å². The second-order valence-corrected chi connectivity index (χ2v) is 6.92. The van der Waals surface area contributed by atoms with Crippen LogP contribution in [0, 0.1) is 5.82 Å². The largest absolute Gasteiger partial charge is 0.495 e. The van der Waals surface area contributed by atoms with E-state index in [0.717, 1.165) is 0 Å². The lowest BCUT2D eigenvalue weighted by Gasteiger charge is -2.14. The van der Waals surface area contributed by atoms with Crippen molar-refractivity contribution in [1.29, 1.82) is 0 Å². The molecule has 0 radical (unpaired) electrons. The van der Waals surface area contributed by atoms with Crippen molar-refractivity contribution in [1.82, 2.24) is 9.38 Å². The van der Waals surface area contributed by atoms with Gasteiger partial charge in [0.05, 0.1) is 24.9 Å². The van der Waals surface area contributed by atoms with E-state index >= 15 is 0 Å². The number of anilines is 2. The summed E-state index contributed by atoms with van der Waals surface area (Å²) in [5.41, 5.74) is 2.15. The Morgan fingerprint density at radius 3 is 2.48 bits per heavy atom. The van der Waals surface area contributed by atoms with Crippen LogP contribution in [0.25, 0.3) is 16.9 Å². The number of halogens is 2. The first-order valence-corrected chi connectivity index (χ1v) is 9.60. The van der Waals surface area contributed by atoms with E-state index in [1.807, 2.05) is 18.2 Å². The molecule has 0 aliphatic carbocycles.